The Morgan fingerprint density at radius 1 is 1.12 bits per heavy atom. The van der Waals surface area contributed by atoms with Crippen molar-refractivity contribution >= 4 is 11.8 Å². The van der Waals surface area contributed by atoms with E-state index in [1.54, 1.807) is 0 Å². The molecule has 1 aliphatic carbocycles. The highest BCUT2D eigenvalue weighted by molar-refractivity contribution is 6.08. The van der Waals surface area contributed by atoms with E-state index in [4.69, 9.17) is 0 Å². The van der Waals surface area contributed by atoms with Gasteiger partial charge in [-0.25, -0.2) is 13.2 Å². The van der Waals surface area contributed by atoms with E-state index in [1.165, 1.54) is 17.0 Å². The van der Waals surface area contributed by atoms with Gasteiger partial charge in [-0.3, -0.25) is 14.5 Å². The Balaban J connectivity index is 1.56. The Labute approximate surface area is 148 Å². The number of hydrogen-bond acceptors (Lipinski definition) is 2. The van der Waals surface area contributed by atoms with E-state index in [0.717, 1.165) is 11.6 Å². The summed E-state index contributed by atoms with van der Waals surface area (Å²) in [6.45, 7) is 0.194. The number of alkyl halides is 2. The summed E-state index contributed by atoms with van der Waals surface area (Å²) in [5.74, 6) is -1.75. The van der Waals surface area contributed by atoms with Gasteiger partial charge < -0.3 is 0 Å². The van der Waals surface area contributed by atoms with Gasteiger partial charge in [-0.15, -0.1) is 0 Å². The van der Waals surface area contributed by atoms with Crippen LogP contribution in [-0.2, 0) is 16.1 Å². The molecule has 0 bridgehead atoms. The molecular formula is C20H16F3NO2. The van der Waals surface area contributed by atoms with Crippen molar-refractivity contribution in [3.63, 3.8) is 0 Å². The molecule has 4 rings (SSSR count). The predicted molar refractivity (Wildman–Crippen MR) is 87.8 cm³/mol. The average Bonchev–Trinajstić information content (AvgIpc) is 3.28. The van der Waals surface area contributed by atoms with E-state index in [1.807, 2.05) is 30.3 Å². The molecule has 0 aromatic heterocycles. The predicted octanol–water partition coefficient (Wildman–Crippen LogP) is 4.20. The molecule has 2 aromatic rings. The van der Waals surface area contributed by atoms with Crippen LogP contribution in [0.15, 0.2) is 48.5 Å². The molecule has 1 saturated carbocycles. The van der Waals surface area contributed by atoms with Crippen LogP contribution in [0.4, 0.5) is 13.2 Å². The van der Waals surface area contributed by atoms with Crippen molar-refractivity contribution in [1.29, 1.82) is 0 Å². The van der Waals surface area contributed by atoms with Crippen molar-refractivity contribution < 1.29 is 22.8 Å². The molecule has 1 aliphatic heterocycles. The van der Waals surface area contributed by atoms with Gasteiger partial charge in [0.1, 0.15) is 5.82 Å². The monoisotopic (exact) mass is 359 g/mol. The number of rotatable bonds is 4. The summed E-state index contributed by atoms with van der Waals surface area (Å²) < 4.78 is 39.6. The van der Waals surface area contributed by atoms with Crippen LogP contribution in [-0.4, -0.2) is 16.7 Å². The first kappa shape index (κ1) is 16.8. The lowest BCUT2D eigenvalue weighted by Crippen LogP contribution is -2.30. The number of nitrogens with zero attached hydrogens (tertiary/aromatic N) is 1. The molecule has 2 aliphatic rings. The maximum Gasteiger partial charge on any atom is 0.263 e. The second-order valence-corrected chi connectivity index (χ2v) is 6.94. The quantitative estimate of drug-likeness (QED) is 0.768. The number of hydrogen-bond donors (Lipinski definition) is 0. The fraction of sp³-hybridized carbons (Fsp3) is 0.300. The maximum atomic E-state index is 14.3. The Bertz CT molecular complexity index is 884. The Morgan fingerprint density at radius 3 is 2.50 bits per heavy atom. The Kier molecular flexibility index (Phi) is 3.86. The molecule has 2 aromatic carbocycles. The molecule has 3 nitrogen and oxygen atoms in total. The summed E-state index contributed by atoms with van der Waals surface area (Å²) in [6, 6.07) is 12.5. The van der Waals surface area contributed by atoms with Crippen molar-refractivity contribution in [3.05, 3.63) is 71.0 Å². The highest BCUT2D eigenvalue weighted by Gasteiger charge is 2.67. The highest BCUT2D eigenvalue weighted by atomic mass is 19.3. The molecule has 26 heavy (non-hydrogen) atoms. The van der Waals surface area contributed by atoms with E-state index < -0.39 is 23.6 Å². The molecule has 0 N–H and O–H groups in total. The van der Waals surface area contributed by atoms with Crippen molar-refractivity contribution in [3.8, 4) is 0 Å². The molecule has 2 atom stereocenters. The molecule has 1 spiro atoms. The highest BCUT2D eigenvalue weighted by Crippen LogP contribution is 2.65. The molecule has 2 fully saturated rings. The molecule has 2 amide bonds. The lowest BCUT2D eigenvalue weighted by Gasteiger charge is -2.15. The zero-order valence-electron chi connectivity index (χ0n) is 13.8. The fourth-order valence-corrected chi connectivity index (χ4v) is 3.86. The van der Waals surface area contributed by atoms with Crippen LogP contribution in [0.1, 0.15) is 41.9 Å². The first-order valence-corrected chi connectivity index (χ1v) is 8.38. The van der Waals surface area contributed by atoms with Crippen LogP contribution >= 0.6 is 0 Å². The summed E-state index contributed by atoms with van der Waals surface area (Å²) in [4.78, 5) is 26.4. The Hall–Kier alpha value is -2.63. The SMILES string of the molecule is O=C1C[C@]2(C[C@@H]2c2ccc(C(F)F)cc2F)C(=O)N1Cc1ccccc1. The normalized spacial score (nSPS) is 24.8. The van der Waals surface area contributed by atoms with Crippen molar-refractivity contribution in [1.82, 2.24) is 4.90 Å². The van der Waals surface area contributed by atoms with E-state index in [9.17, 15) is 22.8 Å². The van der Waals surface area contributed by atoms with E-state index >= 15 is 0 Å². The maximum absolute atomic E-state index is 14.3. The summed E-state index contributed by atoms with van der Waals surface area (Å²) >= 11 is 0. The smallest absolute Gasteiger partial charge is 0.263 e. The molecule has 0 unspecified atom stereocenters. The Morgan fingerprint density at radius 2 is 1.85 bits per heavy atom. The molecule has 6 heteroatoms. The van der Waals surface area contributed by atoms with Crippen molar-refractivity contribution in [2.24, 2.45) is 5.41 Å². The number of carbonyl (C=O) groups excluding carboxylic acids is 2. The van der Waals surface area contributed by atoms with Gasteiger partial charge in [0.2, 0.25) is 11.8 Å². The van der Waals surface area contributed by atoms with Crippen LogP contribution in [0.5, 0.6) is 0 Å². The minimum Gasteiger partial charge on any atom is -0.278 e. The van der Waals surface area contributed by atoms with E-state index in [-0.39, 0.29) is 35.9 Å². The zero-order valence-corrected chi connectivity index (χ0v) is 13.8. The van der Waals surface area contributed by atoms with Crippen molar-refractivity contribution in [2.45, 2.75) is 31.7 Å². The first-order valence-electron chi connectivity index (χ1n) is 8.38. The minimum atomic E-state index is -2.75. The average molecular weight is 359 g/mol. The van der Waals surface area contributed by atoms with Gasteiger partial charge in [-0.1, -0.05) is 42.5 Å². The number of imide groups is 1. The summed E-state index contributed by atoms with van der Waals surface area (Å²) in [6.07, 6.45) is -2.34. The van der Waals surface area contributed by atoms with Gasteiger partial charge >= 0.3 is 0 Å². The van der Waals surface area contributed by atoms with Crippen LogP contribution in [0.25, 0.3) is 0 Å². The van der Waals surface area contributed by atoms with Gasteiger partial charge in [0.05, 0.1) is 12.0 Å². The van der Waals surface area contributed by atoms with E-state index in [2.05, 4.69) is 0 Å². The topological polar surface area (TPSA) is 37.4 Å². The third-order valence-electron chi connectivity index (χ3n) is 5.35. The molecule has 1 saturated heterocycles. The summed E-state index contributed by atoms with van der Waals surface area (Å²) in [5.41, 5.74) is -0.229. The van der Waals surface area contributed by atoms with Crippen LogP contribution in [0.3, 0.4) is 0 Å². The molecular weight excluding hydrogens is 343 g/mol. The van der Waals surface area contributed by atoms with Crippen LogP contribution < -0.4 is 0 Å². The lowest BCUT2D eigenvalue weighted by atomic mass is 9.96. The third kappa shape index (κ3) is 2.60. The lowest BCUT2D eigenvalue weighted by molar-refractivity contribution is -0.140. The van der Waals surface area contributed by atoms with E-state index in [0.29, 0.717) is 6.42 Å². The van der Waals surface area contributed by atoms with Gasteiger partial charge in [0.15, 0.2) is 0 Å². The van der Waals surface area contributed by atoms with Gasteiger partial charge in [-0.05, 0) is 23.6 Å². The van der Waals surface area contributed by atoms with Gasteiger partial charge in [-0.2, -0.15) is 0 Å². The zero-order chi connectivity index (χ0) is 18.5. The van der Waals surface area contributed by atoms with Crippen LogP contribution in [0, 0.1) is 11.2 Å². The van der Waals surface area contributed by atoms with Gasteiger partial charge in [0, 0.05) is 17.9 Å². The second-order valence-electron chi connectivity index (χ2n) is 6.94. The molecule has 1 heterocycles. The third-order valence-corrected chi connectivity index (χ3v) is 5.35. The summed E-state index contributed by atoms with van der Waals surface area (Å²) in [7, 11) is 0. The number of carbonyl (C=O) groups is 2. The molecule has 0 radical (unpaired) electrons. The second kappa shape index (κ2) is 5.97. The number of likely N-dealkylation sites (tertiary alicyclic amines) is 1. The number of amides is 2. The van der Waals surface area contributed by atoms with Crippen LogP contribution in [0.2, 0.25) is 0 Å². The fourth-order valence-electron chi connectivity index (χ4n) is 3.86. The van der Waals surface area contributed by atoms with Crippen molar-refractivity contribution in [2.75, 3.05) is 0 Å². The number of benzene rings is 2. The minimum absolute atomic E-state index is 0.0410. The number of halogens is 3. The summed E-state index contributed by atoms with van der Waals surface area (Å²) in [5, 5.41) is 0. The largest absolute Gasteiger partial charge is 0.278 e. The first-order chi connectivity index (χ1) is 12.4. The molecule has 134 valence electrons. The van der Waals surface area contributed by atoms with Gasteiger partial charge in [0.25, 0.3) is 6.43 Å². The standard InChI is InChI=1S/C20H16F3NO2/c21-16-8-13(18(22)23)6-7-14(16)15-9-20(15)10-17(25)24(19(20)26)11-12-4-2-1-3-5-12/h1-8,15,18H,9-11H2/t15-,20+/m1/s1.